The molecule has 3 aliphatic carbocycles. The first-order valence-corrected chi connectivity index (χ1v) is 35.7. The first-order chi connectivity index (χ1) is 33.9. The summed E-state index contributed by atoms with van der Waals surface area (Å²) in [7, 11) is 11.3. The van der Waals surface area contributed by atoms with Gasteiger partial charge in [-0.1, -0.05) is 146 Å². The normalized spacial score (nSPS) is 16.6. The Kier molecular flexibility index (Phi) is 36.5. The van der Waals surface area contributed by atoms with Gasteiger partial charge in [-0.15, -0.1) is 6.58 Å². The zero-order valence-corrected chi connectivity index (χ0v) is 51.2. The molecular formula is C64H105Cl2N2PRu. The van der Waals surface area contributed by atoms with Crippen LogP contribution in [-0.4, -0.2) is 34.7 Å². The van der Waals surface area contributed by atoms with Crippen LogP contribution < -0.4 is 9.80 Å². The molecule has 7 rings (SSSR count). The second kappa shape index (κ2) is 39.7. The first kappa shape index (κ1) is 64.4. The number of anilines is 2. The Morgan fingerprint density at radius 3 is 1.20 bits per heavy atom. The Morgan fingerprint density at radius 1 is 0.557 bits per heavy atom. The van der Waals surface area contributed by atoms with E-state index < -0.39 is 13.5 Å². The van der Waals surface area contributed by atoms with Crippen LogP contribution in [-0.2, 0) is 13.5 Å². The molecule has 1 aliphatic heterocycles. The summed E-state index contributed by atoms with van der Waals surface area (Å²) in [6, 6.07) is 19.0. The van der Waals surface area contributed by atoms with E-state index in [4.69, 9.17) is 19.4 Å². The predicted molar refractivity (Wildman–Crippen MR) is 322 cm³/mol. The SMILES string of the molecule is C1CCC([PH+](C2CCCCC2)C2CCCCC2)CC1.C=CCCCC.CC.CCCC/C=C/CCCC.Cc1cc(C)c(N2[CH-]N(c3c(C)cc(C)cc3C)CC2)c(C)c1.[Cl][Ru]([Cl])=[CH]c1ccccc1. The van der Waals surface area contributed by atoms with Gasteiger partial charge >= 0.3 is 73.4 Å². The molecule has 0 atom stereocenters. The summed E-state index contributed by atoms with van der Waals surface area (Å²) in [5.74, 6) is 0. The van der Waals surface area contributed by atoms with E-state index in [1.807, 2.05) is 54.9 Å². The molecule has 3 aromatic rings. The van der Waals surface area contributed by atoms with Crippen LogP contribution >= 0.6 is 27.3 Å². The van der Waals surface area contributed by atoms with Crippen LogP contribution in [0.25, 0.3) is 0 Å². The number of hydrogen-bond donors (Lipinski definition) is 0. The second-order valence-corrected chi connectivity index (χ2v) is 29.6. The molecule has 0 amide bonds. The number of hydrogen-bond acceptors (Lipinski definition) is 2. The van der Waals surface area contributed by atoms with Crippen LogP contribution in [0.2, 0.25) is 0 Å². The molecule has 0 bridgehead atoms. The Hall–Kier alpha value is -1.76. The monoisotopic (exact) mass is 1100 g/mol. The van der Waals surface area contributed by atoms with Gasteiger partial charge < -0.3 is 9.80 Å². The molecule has 70 heavy (non-hydrogen) atoms. The summed E-state index contributed by atoms with van der Waals surface area (Å²) < 4.78 is 1.92. The fourth-order valence-electron chi connectivity index (χ4n) is 11.2. The van der Waals surface area contributed by atoms with E-state index in [1.165, 1.54) is 120 Å². The van der Waals surface area contributed by atoms with E-state index in [1.54, 1.807) is 96.3 Å². The summed E-state index contributed by atoms with van der Waals surface area (Å²) in [5, 5.41) is 0. The van der Waals surface area contributed by atoms with Gasteiger partial charge in [0.2, 0.25) is 0 Å². The van der Waals surface area contributed by atoms with Crippen molar-refractivity contribution >= 4 is 43.3 Å². The maximum absolute atomic E-state index is 5.67. The van der Waals surface area contributed by atoms with Crippen molar-refractivity contribution in [3.63, 3.8) is 0 Å². The molecule has 3 aromatic carbocycles. The number of aryl methyl sites for hydroxylation is 6. The number of nitrogens with zero attached hydrogens (tertiary/aromatic N) is 2. The molecule has 0 unspecified atom stereocenters. The van der Waals surface area contributed by atoms with Crippen molar-refractivity contribution in [2.24, 2.45) is 0 Å². The molecule has 1 saturated heterocycles. The zero-order chi connectivity index (χ0) is 51.5. The second-order valence-electron chi connectivity index (χ2n) is 20.4. The molecule has 3 saturated carbocycles. The van der Waals surface area contributed by atoms with Crippen molar-refractivity contribution in [2.75, 3.05) is 22.9 Å². The Morgan fingerprint density at radius 2 is 0.900 bits per heavy atom. The summed E-state index contributed by atoms with van der Waals surface area (Å²) in [5.41, 5.74) is 15.6. The zero-order valence-electron chi connectivity index (χ0n) is 46.9. The van der Waals surface area contributed by atoms with Gasteiger partial charge in [-0.05, 0) is 160 Å². The predicted octanol–water partition coefficient (Wildman–Crippen LogP) is 21.3. The van der Waals surface area contributed by atoms with Gasteiger partial charge in [0.05, 0.1) is 17.0 Å². The van der Waals surface area contributed by atoms with E-state index in [-0.39, 0.29) is 7.92 Å². The van der Waals surface area contributed by atoms with Crippen LogP contribution in [0.15, 0.2) is 79.4 Å². The average molecular weight is 1110 g/mol. The fraction of sp³-hybridized carbons (Fsp3) is 0.625. The minimum absolute atomic E-state index is 0.0465. The van der Waals surface area contributed by atoms with Gasteiger partial charge in [0.25, 0.3) is 0 Å². The molecule has 1 heterocycles. The summed E-state index contributed by atoms with van der Waals surface area (Å²) >= 11 is -1.61. The van der Waals surface area contributed by atoms with Gasteiger partial charge in [0, 0.05) is 32.4 Å². The third kappa shape index (κ3) is 25.5. The molecule has 6 heteroatoms. The Balaban J connectivity index is 0.000000320. The number of allylic oxidation sites excluding steroid dienone is 3. The van der Waals surface area contributed by atoms with Crippen molar-refractivity contribution < 1.29 is 13.5 Å². The van der Waals surface area contributed by atoms with Crippen molar-refractivity contribution in [2.45, 2.75) is 247 Å². The van der Waals surface area contributed by atoms with Crippen molar-refractivity contribution in [1.29, 1.82) is 0 Å². The summed E-state index contributed by atoms with van der Waals surface area (Å²) in [6.07, 6.45) is 42.0. The van der Waals surface area contributed by atoms with E-state index in [2.05, 4.69) is 122 Å². The van der Waals surface area contributed by atoms with Gasteiger partial charge in [-0.2, -0.15) is 6.67 Å². The van der Waals surface area contributed by atoms with Crippen LogP contribution in [0, 0.1) is 48.2 Å². The minimum atomic E-state index is -1.61. The molecule has 0 aromatic heterocycles. The van der Waals surface area contributed by atoms with Crippen molar-refractivity contribution in [3.8, 4) is 0 Å². The number of unbranched alkanes of at least 4 members (excludes halogenated alkanes) is 6. The third-order valence-corrected chi connectivity index (χ3v) is 20.7. The first-order valence-electron chi connectivity index (χ1n) is 28.5. The molecular weight excluding hydrogens is 1000 g/mol. The standard InChI is InChI=1S/C21H27N2.C18H33P.C10H20.C7H6.C6H12.C2H6.2ClH.Ru/c1-14-9-16(3)20(17(4)10-14)22-7-8-23(13-22)21-18(5)11-15(2)12-19(21)6;1-4-10-16(11-5-1)19(17-12-6-2-7-13-17)18-14-8-3-9-15-18;1-3-5-7-9-10-8-6-4-2;1-7-5-3-2-4-6-7;1-3-5-6-4-2;1-2;;;/h9-13H,7-8H2,1-6H3;16-18H,1-15H2;9-10H,3-8H2,1-2H3;1-6H;3H,1,4-6H2,2H3;1-2H3;2*1H;/q-1;;;;;;;;+2/p-1/b;;10-9+;;;;;;. The fourth-order valence-corrected chi connectivity index (χ4v) is 18.3. The molecule has 4 fully saturated rings. The van der Waals surface area contributed by atoms with E-state index in [0.29, 0.717) is 0 Å². The topological polar surface area (TPSA) is 6.48 Å². The quantitative estimate of drug-likeness (QED) is 0.0492. The Bertz CT molecular complexity index is 1690. The molecule has 0 radical (unpaired) electrons. The van der Waals surface area contributed by atoms with E-state index in [0.717, 1.165) is 18.7 Å². The molecule has 0 N–H and O–H groups in total. The van der Waals surface area contributed by atoms with Crippen LogP contribution in [0.4, 0.5) is 11.4 Å². The molecule has 2 nitrogen and oxygen atoms in total. The maximum atomic E-state index is 5.67. The van der Waals surface area contributed by atoms with Gasteiger partial charge in [0.15, 0.2) is 0 Å². The third-order valence-electron chi connectivity index (χ3n) is 14.3. The van der Waals surface area contributed by atoms with Gasteiger partial charge in [-0.25, -0.2) is 0 Å². The number of benzene rings is 3. The Labute approximate surface area is 448 Å². The average Bonchev–Trinajstić information content (AvgIpc) is 3.83. The van der Waals surface area contributed by atoms with Gasteiger partial charge in [0.1, 0.15) is 0 Å². The van der Waals surface area contributed by atoms with Crippen LogP contribution in [0.3, 0.4) is 0 Å². The number of rotatable bonds is 15. The summed E-state index contributed by atoms with van der Waals surface area (Å²) in [4.78, 5) is 4.81. The van der Waals surface area contributed by atoms with Crippen molar-refractivity contribution in [3.05, 3.63) is 125 Å². The molecule has 4 aliphatic rings. The van der Waals surface area contributed by atoms with Crippen LogP contribution in [0.1, 0.15) is 228 Å². The van der Waals surface area contributed by atoms with Crippen molar-refractivity contribution in [1.82, 2.24) is 0 Å². The summed E-state index contributed by atoms with van der Waals surface area (Å²) in [6.45, 7) is 31.8. The van der Waals surface area contributed by atoms with Crippen LogP contribution in [0.5, 0.6) is 0 Å². The molecule has 0 spiro atoms. The van der Waals surface area contributed by atoms with E-state index >= 15 is 0 Å². The van der Waals surface area contributed by atoms with Gasteiger partial charge in [-0.3, -0.25) is 0 Å². The molecule has 398 valence electrons. The van der Waals surface area contributed by atoms with E-state index in [9.17, 15) is 0 Å². The number of halogens is 2.